The fourth-order valence-corrected chi connectivity index (χ4v) is 5.53. The molecular formula is C21H28N4O4S. The number of aromatic amines is 1. The van der Waals surface area contributed by atoms with Gasteiger partial charge in [0, 0.05) is 56.4 Å². The van der Waals surface area contributed by atoms with Crippen molar-refractivity contribution in [2.24, 2.45) is 5.92 Å². The number of fused-ring (bicyclic) bond motifs is 1. The zero-order chi connectivity index (χ0) is 21.5. The highest BCUT2D eigenvalue weighted by Crippen LogP contribution is 2.22. The third kappa shape index (κ3) is 3.89. The number of benzene rings is 1. The van der Waals surface area contributed by atoms with Crippen molar-refractivity contribution in [1.82, 2.24) is 19.1 Å². The van der Waals surface area contributed by atoms with Crippen LogP contribution in [0.3, 0.4) is 0 Å². The molecule has 3 heterocycles. The van der Waals surface area contributed by atoms with Gasteiger partial charge in [-0.3, -0.25) is 9.59 Å². The minimum absolute atomic E-state index is 0.0613. The van der Waals surface area contributed by atoms with E-state index in [0.717, 1.165) is 12.8 Å². The summed E-state index contributed by atoms with van der Waals surface area (Å²) in [6.45, 7) is 5.59. The van der Waals surface area contributed by atoms with Crippen LogP contribution in [0.25, 0.3) is 10.9 Å². The third-order valence-electron chi connectivity index (χ3n) is 6.25. The van der Waals surface area contributed by atoms with Crippen molar-refractivity contribution >= 4 is 26.8 Å². The van der Waals surface area contributed by atoms with Gasteiger partial charge in [0.2, 0.25) is 15.5 Å². The molecule has 2 aromatic rings. The van der Waals surface area contributed by atoms with E-state index in [9.17, 15) is 18.0 Å². The van der Waals surface area contributed by atoms with Gasteiger partial charge in [0.05, 0.1) is 4.90 Å². The number of nitrogens with zero attached hydrogens (tertiary/aromatic N) is 3. The van der Waals surface area contributed by atoms with E-state index in [0.29, 0.717) is 50.7 Å². The predicted molar refractivity (Wildman–Crippen MR) is 115 cm³/mol. The number of hydrogen-bond acceptors (Lipinski definition) is 5. The van der Waals surface area contributed by atoms with Crippen LogP contribution in [-0.2, 0) is 10.0 Å². The average Bonchev–Trinajstić information content (AvgIpc) is 2.74. The first kappa shape index (κ1) is 21.0. The van der Waals surface area contributed by atoms with Crippen molar-refractivity contribution in [3.63, 3.8) is 0 Å². The van der Waals surface area contributed by atoms with Crippen molar-refractivity contribution in [3.05, 3.63) is 40.2 Å². The standard InChI is InChI=1S/C21H28N4O4S/c1-15-5-7-24(8-6-15)21(27)18-14-22-19-4-3-16(13-17(19)20(18)26)30(28,29)25-11-9-23(2)10-12-25/h3-4,13-15H,5-12H2,1-2H3,(H,22,26). The molecule has 2 aliphatic heterocycles. The predicted octanol–water partition coefficient (Wildman–Crippen LogP) is 1.34. The van der Waals surface area contributed by atoms with Crippen molar-refractivity contribution in [3.8, 4) is 0 Å². The van der Waals surface area contributed by atoms with Crippen molar-refractivity contribution in [1.29, 1.82) is 0 Å². The lowest BCUT2D eigenvalue weighted by Crippen LogP contribution is -2.47. The molecule has 0 saturated carbocycles. The first-order chi connectivity index (χ1) is 14.3. The minimum Gasteiger partial charge on any atom is -0.360 e. The Morgan fingerprint density at radius 1 is 1.07 bits per heavy atom. The Labute approximate surface area is 176 Å². The largest absolute Gasteiger partial charge is 0.360 e. The van der Waals surface area contributed by atoms with Gasteiger partial charge in [0.25, 0.3) is 5.91 Å². The molecule has 2 aliphatic rings. The molecule has 0 radical (unpaired) electrons. The molecule has 0 bridgehead atoms. The smallest absolute Gasteiger partial charge is 0.259 e. The molecule has 0 atom stereocenters. The zero-order valence-electron chi connectivity index (χ0n) is 17.4. The number of sulfonamides is 1. The van der Waals surface area contributed by atoms with E-state index < -0.39 is 15.5 Å². The van der Waals surface area contributed by atoms with Gasteiger partial charge < -0.3 is 14.8 Å². The van der Waals surface area contributed by atoms with Crippen LogP contribution >= 0.6 is 0 Å². The average molecular weight is 433 g/mol. The molecule has 0 aliphatic carbocycles. The van der Waals surface area contributed by atoms with E-state index in [-0.39, 0.29) is 21.8 Å². The fraction of sp³-hybridized carbons (Fsp3) is 0.524. The van der Waals surface area contributed by atoms with Gasteiger partial charge in [0.1, 0.15) is 5.56 Å². The number of rotatable bonds is 3. The van der Waals surface area contributed by atoms with Crippen LogP contribution in [0.2, 0.25) is 0 Å². The van der Waals surface area contributed by atoms with Gasteiger partial charge in [-0.1, -0.05) is 6.92 Å². The van der Waals surface area contributed by atoms with Gasteiger partial charge in [-0.25, -0.2) is 8.42 Å². The van der Waals surface area contributed by atoms with Gasteiger partial charge in [-0.2, -0.15) is 4.31 Å². The molecule has 0 spiro atoms. The molecule has 162 valence electrons. The summed E-state index contributed by atoms with van der Waals surface area (Å²) in [6.07, 6.45) is 3.29. The maximum Gasteiger partial charge on any atom is 0.259 e. The summed E-state index contributed by atoms with van der Waals surface area (Å²) in [5.41, 5.74) is 0.148. The van der Waals surface area contributed by atoms with Crippen LogP contribution in [0, 0.1) is 5.92 Å². The number of nitrogens with one attached hydrogen (secondary N) is 1. The molecule has 4 rings (SSSR count). The van der Waals surface area contributed by atoms with Crippen LogP contribution in [-0.4, -0.2) is 79.7 Å². The number of aromatic nitrogens is 1. The maximum absolute atomic E-state index is 13.1. The number of likely N-dealkylation sites (tertiary alicyclic amines) is 1. The number of likely N-dealkylation sites (N-methyl/N-ethyl adjacent to an activating group) is 1. The summed E-state index contributed by atoms with van der Waals surface area (Å²) in [4.78, 5) is 32.9. The van der Waals surface area contributed by atoms with E-state index >= 15 is 0 Å². The maximum atomic E-state index is 13.1. The number of pyridine rings is 1. The monoisotopic (exact) mass is 432 g/mol. The Bertz CT molecular complexity index is 1110. The second kappa shape index (κ2) is 8.13. The lowest BCUT2D eigenvalue weighted by atomic mass is 9.98. The van der Waals surface area contributed by atoms with E-state index in [1.54, 1.807) is 11.0 Å². The third-order valence-corrected chi connectivity index (χ3v) is 8.15. The van der Waals surface area contributed by atoms with Crippen molar-refractivity contribution in [2.45, 2.75) is 24.7 Å². The molecule has 1 N–H and O–H groups in total. The van der Waals surface area contributed by atoms with Crippen LogP contribution < -0.4 is 5.43 Å². The Balaban J connectivity index is 1.68. The lowest BCUT2D eigenvalue weighted by Gasteiger charge is -2.31. The van der Waals surface area contributed by atoms with E-state index in [1.165, 1.54) is 22.6 Å². The highest BCUT2D eigenvalue weighted by Gasteiger charge is 2.28. The van der Waals surface area contributed by atoms with Gasteiger partial charge in [-0.15, -0.1) is 0 Å². The number of carbonyl (C=O) groups excluding carboxylic acids is 1. The summed E-state index contributed by atoms with van der Waals surface area (Å²) in [5, 5.41) is 0.224. The van der Waals surface area contributed by atoms with E-state index in [1.807, 2.05) is 7.05 Å². The lowest BCUT2D eigenvalue weighted by molar-refractivity contribution is 0.0696. The van der Waals surface area contributed by atoms with E-state index in [4.69, 9.17) is 0 Å². The number of carbonyl (C=O) groups is 1. The first-order valence-electron chi connectivity index (χ1n) is 10.4. The highest BCUT2D eigenvalue weighted by atomic mass is 32.2. The molecule has 0 unspecified atom stereocenters. The molecule has 2 fully saturated rings. The first-order valence-corrected chi connectivity index (χ1v) is 11.8. The van der Waals surface area contributed by atoms with Crippen LogP contribution in [0.15, 0.2) is 34.1 Å². The molecule has 1 aromatic carbocycles. The molecule has 2 saturated heterocycles. The zero-order valence-corrected chi connectivity index (χ0v) is 18.2. The summed E-state index contributed by atoms with van der Waals surface area (Å²) >= 11 is 0. The van der Waals surface area contributed by atoms with Crippen LogP contribution in [0.1, 0.15) is 30.1 Å². The number of H-pyrrole nitrogens is 1. The quantitative estimate of drug-likeness (QED) is 0.790. The van der Waals surface area contributed by atoms with E-state index in [2.05, 4.69) is 16.8 Å². The Hall–Kier alpha value is -2.23. The van der Waals surface area contributed by atoms with Crippen LogP contribution in [0.5, 0.6) is 0 Å². The molecule has 1 amide bonds. The van der Waals surface area contributed by atoms with Gasteiger partial charge in [-0.05, 0) is 44.0 Å². The van der Waals surface area contributed by atoms with Crippen molar-refractivity contribution in [2.75, 3.05) is 46.3 Å². The highest BCUT2D eigenvalue weighted by molar-refractivity contribution is 7.89. The Kier molecular flexibility index (Phi) is 5.69. The summed E-state index contributed by atoms with van der Waals surface area (Å²) in [7, 11) is -1.74. The normalized spacial score (nSPS) is 20.0. The fourth-order valence-electron chi connectivity index (χ4n) is 4.08. The SMILES string of the molecule is CC1CCN(C(=O)c2c[nH]c3ccc(S(=O)(=O)N4CCN(C)CC4)cc3c2=O)CC1. The topological polar surface area (TPSA) is 93.8 Å². The summed E-state index contributed by atoms with van der Waals surface area (Å²) in [6, 6.07) is 4.51. The Morgan fingerprint density at radius 3 is 2.40 bits per heavy atom. The Morgan fingerprint density at radius 2 is 1.73 bits per heavy atom. The minimum atomic E-state index is -3.69. The van der Waals surface area contributed by atoms with Crippen molar-refractivity contribution < 1.29 is 13.2 Å². The van der Waals surface area contributed by atoms with Gasteiger partial charge >= 0.3 is 0 Å². The number of amides is 1. The second-order valence-corrected chi connectivity index (χ2v) is 10.4. The molecule has 1 aromatic heterocycles. The number of hydrogen-bond donors (Lipinski definition) is 1. The summed E-state index contributed by atoms with van der Waals surface area (Å²) < 4.78 is 27.6. The number of piperidine rings is 1. The number of piperazine rings is 1. The second-order valence-electron chi connectivity index (χ2n) is 8.42. The molecule has 30 heavy (non-hydrogen) atoms. The van der Waals surface area contributed by atoms with Gasteiger partial charge in [0.15, 0.2) is 0 Å². The van der Waals surface area contributed by atoms with Crippen LogP contribution in [0.4, 0.5) is 0 Å². The molecule has 9 heteroatoms. The molecule has 8 nitrogen and oxygen atoms in total. The summed E-state index contributed by atoms with van der Waals surface area (Å²) in [5.74, 6) is 0.281. The molecular weight excluding hydrogens is 404 g/mol.